The molecule has 1 aromatic rings. The number of likely N-dealkylation sites (N-methyl/N-ethyl adjacent to an activating group) is 1. The van der Waals surface area contributed by atoms with Crippen molar-refractivity contribution in [3.8, 4) is 0 Å². The number of amides is 1. The molecule has 6 nitrogen and oxygen atoms in total. The fraction of sp³-hybridized carbons (Fsp3) is 0.733. The first-order valence-corrected chi connectivity index (χ1v) is 7.52. The first-order valence-electron chi connectivity index (χ1n) is 7.52. The maximum absolute atomic E-state index is 12.0. The van der Waals surface area contributed by atoms with Crippen molar-refractivity contribution < 1.29 is 14.4 Å². The molecule has 1 atom stereocenters. The zero-order valence-electron chi connectivity index (χ0n) is 13.5. The van der Waals surface area contributed by atoms with E-state index in [0.29, 0.717) is 12.3 Å². The Hall–Kier alpha value is -1.40. The highest BCUT2D eigenvalue weighted by atomic mass is 16.5. The molecule has 1 unspecified atom stereocenters. The highest BCUT2D eigenvalue weighted by Crippen LogP contribution is 2.17. The van der Waals surface area contributed by atoms with Gasteiger partial charge in [0.2, 0.25) is 0 Å². The fourth-order valence-electron chi connectivity index (χ4n) is 2.05. The number of carbonyl (C=O) groups excluding carboxylic acids is 1. The second-order valence-electron chi connectivity index (χ2n) is 5.64. The van der Waals surface area contributed by atoms with E-state index in [2.05, 4.69) is 43.2 Å². The minimum absolute atomic E-state index is 0.0889. The van der Waals surface area contributed by atoms with Crippen LogP contribution in [0.1, 0.15) is 56.3 Å². The van der Waals surface area contributed by atoms with Gasteiger partial charge in [0.05, 0.1) is 0 Å². The second-order valence-corrected chi connectivity index (χ2v) is 5.64. The monoisotopic (exact) mass is 297 g/mol. The van der Waals surface area contributed by atoms with Crippen molar-refractivity contribution in [2.24, 2.45) is 0 Å². The third-order valence-electron chi connectivity index (χ3n) is 4.11. The molecule has 0 radical (unpaired) electrons. The van der Waals surface area contributed by atoms with E-state index in [4.69, 9.17) is 9.63 Å². The van der Waals surface area contributed by atoms with E-state index >= 15 is 0 Å². The van der Waals surface area contributed by atoms with Crippen molar-refractivity contribution in [3.05, 3.63) is 17.5 Å². The Labute approximate surface area is 126 Å². The molecule has 0 bridgehead atoms. The first kappa shape index (κ1) is 17.7. The van der Waals surface area contributed by atoms with Gasteiger partial charge in [0.15, 0.2) is 11.5 Å². The fourth-order valence-corrected chi connectivity index (χ4v) is 2.05. The van der Waals surface area contributed by atoms with Crippen molar-refractivity contribution in [1.82, 2.24) is 15.4 Å². The third-order valence-corrected chi connectivity index (χ3v) is 4.11. The van der Waals surface area contributed by atoms with Crippen LogP contribution >= 0.6 is 0 Å². The Balaban J connectivity index is 2.59. The highest BCUT2D eigenvalue weighted by molar-refractivity contribution is 5.92. The van der Waals surface area contributed by atoms with Crippen LogP contribution in [0.5, 0.6) is 0 Å². The van der Waals surface area contributed by atoms with Crippen LogP contribution in [0, 0.1) is 0 Å². The van der Waals surface area contributed by atoms with E-state index in [1.807, 2.05) is 0 Å². The predicted molar refractivity (Wildman–Crippen MR) is 81.0 cm³/mol. The summed E-state index contributed by atoms with van der Waals surface area (Å²) in [5.41, 5.74) is 0.114. The van der Waals surface area contributed by atoms with Gasteiger partial charge in [0, 0.05) is 18.2 Å². The Kier molecular flexibility index (Phi) is 6.84. The number of nitrogens with one attached hydrogen (secondary N) is 1. The van der Waals surface area contributed by atoms with Crippen molar-refractivity contribution in [2.45, 2.75) is 52.2 Å². The molecule has 2 N–H and O–H groups in total. The zero-order chi connectivity index (χ0) is 15.9. The number of hydrogen-bond acceptors (Lipinski definition) is 5. The smallest absolute Gasteiger partial charge is 0.273 e. The minimum Gasteiger partial charge on any atom is -0.388 e. The van der Waals surface area contributed by atoms with Gasteiger partial charge in [0.25, 0.3) is 5.91 Å². The first-order chi connectivity index (χ1) is 9.96. The molecule has 0 aliphatic carbocycles. The minimum atomic E-state index is -0.276. The number of unbranched alkanes of at least 4 members (excludes halogenated alkanes) is 1. The molecule has 1 rings (SSSR count). The summed E-state index contributed by atoms with van der Waals surface area (Å²) in [6.07, 6.45) is 3.23. The molecule has 0 aliphatic heterocycles. The molecule has 120 valence electrons. The van der Waals surface area contributed by atoms with Gasteiger partial charge < -0.3 is 14.9 Å². The number of aliphatic hydroxyl groups excluding tert-OH is 1. The summed E-state index contributed by atoms with van der Waals surface area (Å²) < 4.78 is 4.82. The van der Waals surface area contributed by atoms with E-state index in [-0.39, 0.29) is 23.7 Å². The number of hydrogen-bond donors (Lipinski definition) is 2. The van der Waals surface area contributed by atoms with E-state index < -0.39 is 0 Å². The van der Waals surface area contributed by atoms with Gasteiger partial charge in [-0.15, -0.1) is 0 Å². The Morgan fingerprint density at radius 2 is 2.24 bits per heavy atom. The zero-order valence-corrected chi connectivity index (χ0v) is 13.5. The lowest BCUT2D eigenvalue weighted by molar-refractivity contribution is 0.0867. The normalized spacial score (nSPS) is 14.2. The van der Waals surface area contributed by atoms with Gasteiger partial charge in [-0.2, -0.15) is 0 Å². The van der Waals surface area contributed by atoms with Crippen LogP contribution in [-0.4, -0.2) is 46.7 Å². The number of rotatable bonds is 9. The third kappa shape index (κ3) is 4.82. The molecule has 1 amide bonds. The summed E-state index contributed by atoms with van der Waals surface area (Å²) >= 11 is 0. The summed E-state index contributed by atoms with van der Waals surface area (Å²) in [7, 11) is 2.09. The van der Waals surface area contributed by atoms with Crippen LogP contribution in [0.15, 0.2) is 10.6 Å². The summed E-state index contributed by atoms with van der Waals surface area (Å²) in [5, 5.41) is 15.5. The molecule has 0 fully saturated rings. The second kappa shape index (κ2) is 8.14. The lowest BCUT2D eigenvalue weighted by atomic mass is 9.96. The van der Waals surface area contributed by atoms with Crippen molar-refractivity contribution >= 4 is 5.91 Å². The van der Waals surface area contributed by atoms with Gasteiger partial charge in [-0.3, -0.25) is 9.69 Å². The van der Waals surface area contributed by atoms with Crippen LogP contribution in [-0.2, 0) is 6.61 Å². The van der Waals surface area contributed by atoms with E-state index in [0.717, 1.165) is 25.8 Å². The van der Waals surface area contributed by atoms with Crippen LogP contribution < -0.4 is 5.32 Å². The van der Waals surface area contributed by atoms with Crippen LogP contribution in [0.3, 0.4) is 0 Å². The molecule has 0 aromatic carbocycles. The summed E-state index contributed by atoms with van der Waals surface area (Å²) in [6.45, 7) is 7.73. The van der Waals surface area contributed by atoms with Crippen molar-refractivity contribution in [3.63, 3.8) is 0 Å². The summed E-state index contributed by atoms with van der Waals surface area (Å²) in [4.78, 5) is 14.3. The Bertz CT molecular complexity index is 447. The topological polar surface area (TPSA) is 78.6 Å². The average Bonchev–Trinajstić information content (AvgIpc) is 2.98. The van der Waals surface area contributed by atoms with Gasteiger partial charge in [-0.05, 0) is 33.4 Å². The number of aromatic nitrogens is 1. The lowest BCUT2D eigenvalue weighted by Crippen LogP contribution is -2.52. The van der Waals surface area contributed by atoms with Gasteiger partial charge in [-0.1, -0.05) is 25.4 Å². The van der Waals surface area contributed by atoms with Crippen LogP contribution in [0.2, 0.25) is 0 Å². The number of carbonyl (C=O) groups is 1. The van der Waals surface area contributed by atoms with Gasteiger partial charge in [-0.25, -0.2) is 0 Å². The van der Waals surface area contributed by atoms with Crippen molar-refractivity contribution in [2.75, 3.05) is 20.1 Å². The molecule has 21 heavy (non-hydrogen) atoms. The quantitative estimate of drug-likeness (QED) is 0.726. The van der Waals surface area contributed by atoms with Crippen LogP contribution in [0.25, 0.3) is 0 Å². The maximum Gasteiger partial charge on any atom is 0.273 e. The largest absolute Gasteiger partial charge is 0.388 e. The Morgan fingerprint density at radius 3 is 2.76 bits per heavy atom. The van der Waals surface area contributed by atoms with Gasteiger partial charge >= 0.3 is 0 Å². The number of aliphatic hydroxyl groups is 1. The summed E-state index contributed by atoms with van der Waals surface area (Å²) in [6, 6.07) is 1.46. The average molecular weight is 297 g/mol. The molecule has 6 heteroatoms. The Morgan fingerprint density at radius 1 is 1.52 bits per heavy atom. The molecule has 0 saturated heterocycles. The van der Waals surface area contributed by atoms with Crippen molar-refractivity contribution in [1.29, 1.82) is 0 Å². The standard InChI is InChI=1S/C15H27N3O3/c1-5-7-8-18(4)15(3,6-2)11-16-14(20)13-9-12(10-19)21-17-13/h9,19H,5-8,10-11H2,1-4H3,(H,16,20). The van der Waals surface area contributed by atoms with E-state index in [9.17, 15) is 4.79 Å². The molecule has 0 saturated carbocycles. The molecule has 1 heterocycles. The van der Waals surface area contributed by atoms with Crippen LogP contribution in [0.4, 0.5) is 0 Å². The SMILES string of the molecule is CCCCN(C)C(C)(CC)CNC(=O)c1cc(CO)on1. The maximum atomic E-state index is 12.0. The van der Waals surface area contributed by atoms with E-state index in [1.165, 1.54) is 6.07 Å². The molecular weight excluding hydrogens is 270 g/mol. The van der Waals surface area contributed by atoms with Gasteiger partial charge in [0.1, 0.15) is 6.61 Å². The predicted octanol–water partition coefficient (Wildman–Crippen LogP) is 1.80. The molecule has 0 spiro atoms. The highest BCUT2D eigenvalue weighted by Gasteiger charge is 2.28. The molecular formula is C15H27N3O3. The number of nitrogens with zero attached hydrogens (tertiary/aromatic N) is 2. The summed E-state index contributed by atoms with van der Waals surface area (Å²) in [5.74, 6) is 0.0143. The molecule has 1 aromatic heterocycles. The van der Waals surface area contributed by atoms with E-state index in [1.54, 1.807) is 0 Å². The molecule has 0 aliphatic rings. The lowest BCUT2D eigenvalue weighted by Gasteiger charge is -2.38.